The minimum Gasteiger partial charge on any atom is -0.478 e. The van der Waals surface area contributed by atoms with Gasteiger partial charge in [-0.3, -0.25) is 0 Å². The maximum atomic E-state index is 12.1. The van der Waals surface area contributed by atoms with E-state index in [9.17, 15) is 9.90 Å². The van der Waals surface area contributed by atoms with E-state index in [0.717, 1.165) is 16.5 Å². The second-order valence-electron chi connectivity index (χ2n) is 5.78. The Bertz CT molecular complexity index is 1100. The number of carbonyl (C=O) groups is 1. The maximum Gasteiger partial charge on any atom is 0.338 e. The number of carboxylic acid groups (broad SMARTS) is 1. The Morgan fingerprint density at radius 1 is 0.923 bits per heavy atom. The van der Waals surface area contributed by atoms with Crippen LogP contribution >= 0.6 is 0 Å². The van der Waals surface area contributed by atoms with Gasteiger partial charge in [-0.2, -0.15) is 0 Å². The van der Waals surface area contributed by atoms with Crippen molar-refractivity contribution in [1.29, 1.82) is 0 Å². The summed E-state index contributed by atoms with van der Waals surface area (Å²) in [7, 11) is 0. The third-order valence-corrected chi connectivity index (χ3v) is 4.15. The molecule has 0 saturated heterocycles. The van der Waals surface area contributed by atoms with Crippen LogP contribution in [0.2, 0.25) is 0 Å². The highest BCUT2D eigenvalue weighted by molar-refractivity contribution is 6.09. The van der Waals surface area contributed by atoms with Crippen LogP contribution in [-0.2, 0) is 0 Å². The van der Waals surface area contributed by atoms with E-state index in [4.69, 9.17) is 4.42 Å². The molecule has 1 N–H and O–H groups in total. The average molecular weight is 341 g/mol. The van der Waals surface area contributed by atoms with Crippen LogP contribution < -0.4 is 0 Å². The van der Waals surface area contributed by atoms with Crippen molar-refractivity contribution in [2.24, 2.45) is 0 Å². The van der Waals surface area contributed by atoms with Gasteiger partial charge in [-0.15, -0.1) is 0 Å². The van der Waals surface area contributed by atoms with Crippen LogP contribution in [0.1, 0.15) is 21.8 Å². The zero-order valence-electron chi connectivity index (χ0n) is 13.8. The Morgan fingerprint density at radius 2 is 1.69 bits per heavy atom. The van der Waals surface area contributed by atoms with Gasteiger partial charge in [-0.1, -0.05) is 48.5 Å². The fraction of sp³-hybridized carbons (Fsp3) is 0. The van der Waals surface area contributed by atoms with Crippen LogP contribution in [0.25, 0.3) is 34.2 Å². The number of aromatic carboxylic acids is 1. The lowest BCUT2D eigenvalue weighted by Gasteiger charge is -2.13. The molecule has 4 rings (SSSR count). The van der Waals surface area contributed by atoms with Crippen LogP contribution in [0, 0.1) is 0 Å². The lowest BCUT2D eigenvalue weighted by atomic mass is 9.94. The number of furan rings is 1. The summed E-state index contributed by atoms with van der Waals surface area (Å²) in [6.07, 6.45) is 4.97. The van der Waals surface area contributed by atoms with Crippen molar-refractivity contribution >= 4 is 29.0 Å². The van der Waals surface area contributed by atoms with Gasteiger partial charge in [0.25, 0.3) is 0 Å². The second kappa shape index (κ2) is 6.69. The molecule has 0 spiro atoms. The summed E-state index contributed by atoms with van der Waals surface area (Å²) in [6.45, 7) is 0. The first-order valence-corrected chi connectivity index (χ1v) is 8.17. The molecule has 2 heterocycles. The van der Waals surface area contributed by atoms with Crippen molar-refractivity contribution in [2.45, 2.75) is 0 Å². The number of rotatable bonds is 4. The largest absolute Gasteiger partial charge is 0.478 e. The summed E-state index contributed by atoms with van der Waals surface area (Å²) in [4.78, 5) is 16.7. The molecule has 4 aromatic rings. The van der Waals surface area contributed by atoms with Gasteiger partial charge in [0.1, 0.15) is 5.76 Å². The Hall–Kier alpha value is -3.66. The summed E-state index contributed by atoms with van der Waals surface area (Å²) in [5, 5.41) is 10.7. The highest BCUT2D eigenvalue weighted by Gasteiger charge is 2.20. The number of nitrogens with zero attached hydrogens (tertiary/aromatic N) is 1. The van der Waals surface area contributed by atoms with Gasteiger partial charge in [0.2, 0.25) is 0 Å². The van der Waals surface area contributed by atoms with Crippen molar-refractivity contribution < 1.29 is 14.3 Å². The summed E-state index contributed by atoms with van der Waals surface area (Å²) < 4.78 is 5.30. The van der Waals surface area contributed by atoms with Crippen molar-refractivity contribution in [1.82, 2.24) is 4.98 Å². The monoisotopic (exact) mass is 341 g/mol. The summed E-state index contributed by atoms with van der Waals surface area (Å²) >= 11 is 0. The number of hydrogen-bond donors (Lipinski definition) is 1. The van der Waals surface area contributed by atoms with Crippen LogP contribution in [-0.4, -0.2) is 16.1 Å². The van der Waals surface area contributed by atoms with Crippen LogP contribution in [0.3, 0.4) is 0 Å². The van der Waals surface area contributed by atoms with E-state index in [1.165, 1.54) is 0 Å². The highest BCUT2D eigenvalue weighted by Crippen LogP contribution is 2.33. The van der Waals surface area contributed by atoms with Crippen LogP contribution in [0.4, 0.5) is 0 Å². The lowest BCUT2D eigenvalue weighted by Crippen LogP contribution is -2.06. The van der Waals surface area contributed by atoms with E-state index in [-0.39, 0.29) is 5.56 Å². The van der Waals surface area contributed by atoms with Gasteiger partial charge in [0.15, 0.2) is 0 Å². The van der Waals surface area contributed by atoms with Crippen LogP contribution in [0.5, 0.6) is 0 Å². The Labute approximate surface area is 150 Å². The van der Waals surface area contributed by atoms with Gasteiger partial charge in [-0.25, -0.2) is 9.78 Å². The number of hydrogen-bond acceptors (Lipinski definition) is 3. The molecular weight excluding hydrogens is 326 g/mol. The first-order chi connectivity index (χ1) is 12.7. The molecule has 0 aliphatic rings. The van der Waals surface area contributed by atoms with Gasteiger partial charge in [0, 0.05) is 10.9 Å². The Morgan fingerprint density at radius 3 is 2.42 bits per heavy atom. The predicted molar refractivity (Wildman–Crippen MR) is 102 cm³/mol. The Balaban J connectivity index is 2.03. The number of benzene rings is 2. The zero-order chi connectivity index (χ0) is 17.9. The molecule has 0 unspecified atom stereocenters. The van der Waals surface area contributed by atoms with Crippen molar-refractivity contribution in [3.63, 3.8) is 0 Å². The molecule has 0 atom stereocenters. The molecule has 2 aromatic carbocycles. The molecule has 4 heteroatoms. The molecule has 0 aliphatic heterocycles. The average Bonchev–Trinajstić information content (AvgIpc) is 3.19. The SMILES string of the molecule is O=C(O)c1c(/C=C/c2ccco2)nc2ccccc2c1-c1ccccc1. The van der Waals surface area contributed by atoms with Crippen molar-refractivity contribution in [3.8, 4) is 11.1 Å². The summed E-state index contributed by atoms with van der Waals surface area (Å²) in [5.74, 6) is -0.376. The topological polar surface area (TPSA) is 63.3 Å². The molecular formula is C22H15NO3. The molecule has 4 nitrogen and oxygen atoms in total. The minimum atomic E-state index is -1.01. The first kappa shape index (κ1) is 15.8. The summed E-state index contributed by atoms with van der Waals surface area (Å²) in [6, 6.07) is 20.7. The van der Waals surface area contributed by atoms with E-state index in [0.29, 0.717) is 17.0 Å². The van der Waals surface area contributed by atoms with Gasteiger partial charge in [-0.05, 0) is 35.9 Å². The van der Waals surface area contributed by atoms with Crippen LogP contribution in [0.15, 0.2) is 77.4 Å². The fourth-order valence-electron chi connectivity index (χ4n) is 3.02. The quantitative estimate of drug-likeness (QED) is 0.542. The molecule has 0 aliphatic carbocycles. The fourth-order valence-corrected chi connectivity index (χ4v) is 3.02. The normalized spacial score (nSPS) is 11.2. The zero-order valence-corrected chi connectivity index (χ0v) is 13.8. The number of carboxylic acids is 1. The highest BCUT2D eigenvalue weighted by atomic mass is 16.4. The number of para-hydroxylation sites is 1. The maximum absolute atomic E-state index is 12.1. The van der Waals surface area contributed by atoms with E-state index in [1.54, 1.807) is 30.5 Å². The number of fused-ring (bicyclic) bond motifs is 1. The van der Waals surface area contributed by atoms with Crippen molar-refractivity contribution in [2.75, 3.05) is 0 Å². The molecule has 0 amide bonds. The molecule has 126 valence electrons. The third kappa shape index (κ3) is 2.89. The molecule has 0 fully saturated rings. The molecule has 26 heavy (non-hydrogen) atoms. The van der Waals surface area contributed by atoms with Gasteiger partial charge >= 0.3 is 5.97 Å². The number of pyridine rings is 1. The molecule has 0 radical (unpaired) electrons. The van der Waals surface area contributed by atoms with E-state index in [2.05, 4.69) is 4.98 Å². The van der Waals surface area contributed by atoms with Crippen molar-refractivity contribution in [3.05, 3.63) is 90.0 Å². The van der Waals surface area contributed by atoms with E-state index in [1.807, 2.05) is 54.6 Å². The molecule has 2 aromatic heterocycles. The first-order valence-electron chi connectivity index (χ1n) is 8.17. The number of aromatic nitrogens is 1. The second-order valence-corrected chi connectivity index (χ2v) is 5.78. The van der Waals surface area contributed by atoms with E-state index >= 15 is 0 Å². The Kier molecular flexibility index (Phi) is 4.07. The lowest BCUT2D eigenvalue weighted by molar-refractivity contribution is 0.0697. The molecule has 0 saturated carbocycles. The third-order valence-electron chi connectivity index (χ3n) is 4.15. The smallest absolute Gasteiger partial charge is 0.338 e. The van der Waals surface area contributed by atoms with E-state index < -0.39 is 5.97 Å². The van der Waals surface area contributed by atoms with Gasteiger partial charge < -0.3 is 9.52 Å². The van der Waals surface area contributed by atoms with Gasteiger partial charge in [0.05, 0.1) is 23.0 Å². The standard InChI is InChI=1S/C22H15NO3/c24-22(25)21-19(13-12-16-9-6-14-26-16)23-18-11-5-4-10-17(18)20(21)15-7-2-1-3-8-15/h1-14H,(H,24,25)/b13-12+. The molecule has 0 bridgehead atoms. The predicted octanol–water partition coefficient (Wildman–Crippen LogP) is 5.36. The summed E-state index contributed by atoms with van der Waals surface area (Å²) in [5.41, 5.74) is 2.83. The minimum absolute atomic E-state index is 0.178.